The van der Waals surface area contributed by atoms with Crippen LogP contribution in [0.15, 0.2) is 56.7 Å². The summed E-state index contributed by atoms with van der Waals surface area (Å²) in [6.07, 6.45) is 3.60. The number of pyridine rings is 1. The van der Waals surface area contributed by atoms with Crippen molar-refractivity contribution in [3.8, 4) is 0 Å². The number of guanidine groups is 1. The smallest absolute Gasteiger partial charge is 0.192 e. The maximum atomic E-state index is 6.08. The summed E-state index contributed by atoms with van der Waals surface area (Å²) < 4.78 is 1.93. The zero-order valence-corrected chi connectivity index (χ0v) is 14.4. The SMILES string of the molecule is NC1=NCC(c2c(Br)cncc2Br)N1Cc1ccccc1. The molecule has 0 spiro atoms. The third-order valence-corrected chi connectivity index (χ3v) is 4.78. The Hall–Kier alpha value is -1.40. The standard InChI is InChI=1S/C15H14Br2N4/c16-11-6-19-7-12(17)14(11)13-8-20-15(18)21(13)9-10-4-2-1-3-5-10/h1-7,13H,8-9H2,(H2,18,20). The molecule has 0 amide bonds. The summed E-state index contributed by atoms with van der Waals surface area (Å²) in [7, 11) is 0. The molecule has 1 aliphatic heterocycles. The maximum absolute atomic E-state index is 6.08. The van der Waals surface area contributed by atoms with E-state index >= 15 is 0 Å². The second-order valence-electron chi connectivity index (χ2n) is 4.85. The molecule has 1 aliphatic rings. The number of nitrogens with zero attached hydrogens (tertiary/aromatic N) is 3. The van der Waals surface area contributed by atoms with Crippen LogP contribution in [0.2, 0.25) is 0 Å². The van der Waals surface area contributed by atoms with Crippen molar-refractivity contribution in [2.45, 2.75) is 12.6 Å². The molecule has 108 valence electrons. The zero-order valence-electron chi connectivity index (χ0n) is 11.2. The molecule has 0 radical (unpaired) electrons. The highest BCUT2D eigenvalue weighted by Crippen LogP contribution is 2.36. The minimum absolute atomic E-state index is 0.108. The van der Waals surface area contributed by atoms with Crippen molar-refractivity contribution in [2.24, 2.45) is 10.7 Å². The highest BCUT2D eigenvalue weighted by atomic mass is 79.9. The van der Waals surface area contributed by atoms with Crippen molar-refractivity contribution in [2.75, 3.05) is 6.54 Å². The molecular weight excluding hydrogens is 396 g/mol. The molecule has 4 nitrogen and oxygen atoms in total. The van der Waals surface area contributed by atoms with Gasteiger partial charge in [-0.15, -0.1) is 0 Å². The van der Waals surface area contributed by atoms with Gasteiger partial charge in [0.1, 0.15) is 0 Å². The number of aromatic nitrogens is 1. The Morgan fingerprint density at radius 3 is 2.48 bits per heavy atom. The lowest BCUT2D eigenvalue weighted by Gasteiger charge is -2.28. The first-order valence-corrected chi connectivity index (χ1v) is 8.15. The van der Waals surface area contributed by atoms with Gasteiger partial charge in [0.05, 0.1) is 12.6 Å². The molecular formula is C15H14Br2N4. The summed E-state index contributed by atoms with van der Waals surface area (Å²) >= 11 is 7.16. The van der Waals surface area contributed by atoms with Crippen LogP contribution >= 0.6 is 31.9 Å². The first kappa shape index (κ1) is 14.5. The minimum atomic E-state index is 0.108. The number of nitrogens with two attached hydrogens (primary N) is 1. The van der Waals surface area contributed by atoms with Crippen LogP contribution in [0.1, 0.15) is 17.2 Å². The largest absolute Gasteiger partial charge is 0.370 e. The second kappa shape index (κ2) is 6.15. The minimum Gasteiger partial charge on any atom is -0.370 e. The molecule has 1 aromatic carbocycles. The Morgan fingerprint density at radius 2 is 1.81 bits per heavy atom. The van der Waals surface area contributed by atoms with Gasteiger partial charge in [0, 0.05) is 33.4 Å². The van der Waals surface area contributed by atoms with Gasteiger partial charge in [-0.05, 0) is 37.4 Å². The van der Waals surface area contributed by atoms with Gasteiger partial charge in [0.2, 0.25) is 0 Å². The maximum Gasteiger partial charge on any atom is 0.192 e. The van der Waals surface area contributed by atoms with E-state index in [1.165, 1.54) is 5.56 Å². The lowest BCUT2D eigenvalue weighted by Crippen LogP contribution is -2.35. The highest BCUT2D eigenvalue weighted by molar-refractivity contribution is 9.11. The van der Waals surface area contributed by atoms with Crippen molar-refractivity contribution in [3.05, 3.63) is 62.8 Å². The van der Waals surface area contributed by atoms with Crippen molar-refractivity contribution >= 4 is 37.8 Å². The monoisotopic (exact) mass is 408 g/mol. The van der Waals surface area contributed by atoms with E-state index in [1.807, 2.05) is 18.2 Å². The topological polar surface area (TPSA) is 54.5 Å². The number of rotatable bonds is 3. The number of benzene rings is 1. The molecule has 2 heterocycles. The predicted molar refractivity (Wildman–Crippen MR) is 90.9 cm³/mol. The molecule has 21 heavy (non-hydrogen) atoms. The lowest BCUT2D eigenvalue weighted by atomic mass is 10.1. The van der Waals surface area contributed by atoms with Crippen molar-refractivity contribution in [1.82, 2.24) is 9.88 Å². The molecule has 1 unspecified atom stereocenters. The fourth-order valence-corrected chi connectivity index (χ4v) is 3.95. The fourth-order valence-electron chi connectivity index (χ4n) is 2.49. The van der Waals surface area contributed by atoms with Gasteiger partial charge >= 0.3 is 0 Å². The van der Waals surface area contributed by atoms with Gasteiger partial charge in [-0.25, -0.2) is 0 Å². The molecule has 0 fully saturated rings. The number of aliphatic imine (C=N–C) groups is 1. The van der Waals surface area contributed by atoms with E-state index in [0.29, 0.717) is 12.5 Å². The summed E-state index contributed by atoms with van der Waals surface area (Å²) in [4.78, 5) is 10.7. The molecule has 0 saturated carbocycles. The zero-order chi connectivity index (χ0) is 14.8. The highest BCUT2D eigenvalue weighted by Gasteiger charge is 2.30. The van der Waals surface area contributed by atoms with Crippen molar-refractivity contribution < 1.29 is 0 Å². The van der Waals surface area contributed by atoms with Gasteiger partial charge in [-0.1, -0.05) is 30.3 Å². The second-order valence-corrected chi connectivity index (χ2v) is 6.55. The van der Waals surface area contributed by atoms with Gasteiger partial charge < -0.3 is 10.6 Å². The van der Waals surface area contributed by atoms with E-state index in [0.717, 1.165) is 21.1 Å². The Morgan fingerprint density at radius 1 is 1.14 bits per heavy atom. The van der Waals surface area contributed by atoms with Crippen LogP contribution in [0.4, 0.5) is 0 Å². The van der Waals surface area contributed by atoms with Crippen molar-refractivity contribution in [3.63, 3.8) is 0 Å². The molecule has 0 bridgehead atoms. The number of hydrogen-bond acceptors (Lipinski definition) is 4. The number of halogens is 2. The quantitative estimate of drug-likeness (QED) is 0.844. The summed E-state index contributed by atoms with van der Waals surface area (Å²) in [6.45, 7) is 1.39. The van der Waals surface area contributed by atoms with E-state index in [9.17, 15) is 0 Å². The lowest BCUT2D eigenvalue weighted by molar-refractivity contribution is 0.338. The van der Waals surface area contributed by atoms with Crippen LogP contribution in [-0.2, 0) is 6.54 Å². The third-order valence-electron chi connectivity index (χ3n) is 3.52. The molecule has 1 aromatic heterocycles. The van der Waals surface area contributed by atoms with E-state index in [1.54, 1.807) is 12.4 Å². The van der Waals surface area contributed by atoms with E-state index in [2.05, 4.69) is 58.9 Å². The average Bonchev–Trinajstić information content (AvgIpc) is 2.82. The predicted octanol–water partition coefficient (Wildman–Crippen LogP) is 3.48. The van der Waals surface area contributed by atoms with E-state index in [4.69, 9.17) is 5.73 Å². The Bertz CT molecular complexity index is 652. The Labute approximate surface area is 140 Å². The van der Waals surface area contributed by atoms with Crippen LogP contribution in [0, 0.1) is 0 Å². The Balaban J connectivity index is 1.92. The molecule has 3 rings (SSSR count). The third kappa shape index (κ3) is 2.96. The molecule has 0 aliphatic carbocycles. The van der Waals surface area contributed by atoms with Gasteiger partial charge in [-0.2, -0.15) is 0 Å². The van der Waals surface area contributed by atoms with Crippen LogP contribution in [0.3, 0.4) is 0 Å². The van der Waals surface area contributed by atoms with Crippen LogP contribution in [-0.4, -0.2) is 22.4 Å². The van der Waals surface area contributed by atoms with Crippen LogP contribution in [0.25, 0.3) is 0 Å². The number of hydrogen-bond donors (Lipinski definition) is 1. The van der Waals surface area contributed by atoms with Gasteiger partial charge in [0.25, 0.3) is 0 Å². The molecule has 2 aromatic rings. The summed E-state index contributed by atoms with van der Waals surface area (Å²) in [5.74, 6) is 0.583. The van der Waals surface area contributed by atoms with E-state index < -0.39 is 0 Å². The van der Waals surface area contributed by atoms with Crippen LogP contribution in [0.5, 0.6) is 0 Å². The summed E-state index contributed by atoms with van der Waals surface area (Å²) in [5.41, 5.74) is 8.43. The summed E-state index contributed by atoms with van der Waals surface area (Å²) in [5, 5.41) is 0. The van der Waals surface area contributed by atoms with Gasteiger partial charge in [-0.3, -0.25) is 9.98 Å². The molecule has 1 atom stereocenters. The van der Waals surface area contributed by atoms with Crippen LogP contribution < -0.4 is 5.73 Å². The Kier molecular flexibility index (Phi) is 4.26. The molecule has 0 saturated heterocycles. The normalized spacial score (nSPS) is 17.9. The first-order valence-electron chi connectivity index (χ1n) is 6.56. The first-order chi connectivity index (χ1) is 10.2. The fraction of sp³-hybridized carbons (Fsp3) is 0.200. The molecule has 6 heteroatoms. The van der Waals surface area contributed by atoms with E-state index in [-0.39, 0.29) is 6.04 Å². The van der Waals surface area contributed by atoms with Crippen molar-refractivity contribution in [1.29, 1.82) is 0 Å². The molecule has 2 N–H and O–H groups in total. The average molecular weight is 410 g/mol. The van der Waals surface area contributed by atoms with Gasteiger partial charge in [0.15, 0.2) is 5.96 Å². The summed E-state index contributed by atoms with van der Waals surface area (Å²) in [6, 6.07) is 10.4.